The number of carbonyl (C=O) groups is 2. The Morgan fingerprint density at radius 3 is 2.78 bits per heavy atom. The van der Waals surface area contributed by atoms with Crippen molar-refractivity contribution in [2.24, 2.45) is 16.8 Å². The van der Waals surface area contributed by atoms with Crippen molar-refractivity contribution in [3.05, 3.63) is 29.6 Å². The number of aromatic hydroxyl groups is 1. The number of hydrogen-bond acceptors (Lipinski definition) is 4. The summed E-state index contributed by atoms with van der Waals surface area (Å²) in [7, 11) is 0. The van der Waals surface area contributed by atoms with Crippen LogP contribution in [0, 0.1) is 17.7 Å². The maximum Gasteiger partial charge on any atom is 0.341 e. The first-order valence-corrected chi connectivity index (χ1v) is 9.52. The Kier molecular flexibility index (Phi) is 6.08. The lowest BCUT2D eigenvalue weighted by Gasteiger charge is -2.31. The average molecular weight is 376 g/mol. The monoisotopic (exact) mass is 376 g/mol. The average Bonchev–Trinajstić information content (AvgIpc) is 2.68. The first-order valence-electron chi connectivity index (χ1n) is 9.52. The molecule has 7 heteroatoms. The van der Waals surface area contributed by atoms with E-state index in [9.17, 15) is 19.1 Å². The quantitative estimate of drug-likeness (QED) is 0.763. The Bertz CT molecular complexity index is 743. The topological polar surface area (TPSA) is 88.0 Å². The van der Waals surface area contributed by atoms with Crippen molar-refractivity contribution in [3.8, 4) is 5.75 Å². The van der Waals surface area contributed by atoms with E-state index in [1.54, 1.807) is 6.92 Å². The van der Waals surface area contributed by atoms with E-state index >= 15 is 0 Å². The summed E-state index contributed by atoms with van der Waals surface area (Å²) in [6, 6.07) is 1.96. The second-order valence-corrected chi connectivity index (χ2v) is 7.20. The summed E-state index contributed by atoms with van der Waals surface area (Å²) in [6.07, 6.45) is 5.93. The molecule has 2 unspecified atom stereocenters. The third kappa shape index (κ3) is 4.46. The van der Waals surface area contributed by atoms with Crippen LogP contribution in [-0.4, -0.2) is 29.4 Å². The van der Waals surface area contributed by atoms with Crippen LogP contribution in [0.5, 0.6) is 5.75 Å². The molecule has 0 saturated heterocycles. The number of rotatable bonds is 5. The smallest absolute Gasteiger partial charge is 0.341 e. The number of nitrogens with zero attached hydrogens (tertiary/aromatic N) is 1. The zero-order chi connectivity index (χ0) is 19.4. The van der Waals surface area contributed by atoms with Crippen molar-refractivity contribution in [3.63, 3.8) is 0 Å². The van der Waals surface area contributed by atoms with Gasteiger partial charge in [-0.2, -0.15) is 0 Å². The molecule has 1 saturated carbocycles. The van der Waals surface area contributed by atoms with Crippen LogP contribution in [0.15, 0.2) is 23.2 Å². The largest absolute Gasteiger partial charge is 0.508 e. The molecule has 0 radical (unpaired) electrons. The molecular formula is C20H25FN2O4. The molecule has 6 nitrogen and oxygen atoms in total. The second kappa shape index (κ2) is 8.50. The zero-order valence-corrected chi connectivity index (χ0v) is 15.4. The Balaban J connectivity index is 1.84. The summed E-state index contributed by atoms with van der Waals surface area (Å²) in [5, 5.41) is 12.3. The lowest BCUT2D eigenvalue weighted by Crippen LogP contribution is -2.45. The Morgan fingerprint density at radius 1 is 1.33 bits per heavy atom. The molecule has 0 bridgehead atoms. The van der Waals surface area contributed by atoms with Crippen LogP contribution < -0.4 is 5.32 Å². The van der Waals surface area contributed by atoms with Gasteiger partial charge in [0.25, 0.3) is 0 Å². The fourth-order valence-corrected chi connectivity index (χ4v) is 3.88. The number of carbonyl (C=O) groups excluding carboxylic acids is 2. The third-order valence-corrected chi connectivity index (χ3v) is 5.33. The molecule has 146 valence electrons. The van der Waals surface area contributed by atoms with Gasteiger partial charge in [0.2, 0.25) is 0 Å². The predicted octanol–water partition coefficient (Wildman–Crippen LogP) is 3.89. The summed E-state index contributed by atoms with van der Waals surface area (Å²) in [5.41, 5.74) is 0.406. The number of esters is 1. The molecule has 27 heavy (non-hydrogen) atoms. The minimum atomic E-state index is -0.962. The highest BCUT2D eigenvalue weighted by Crippen LogP contribution is 2.33. The molecule has 0 aromatic heterocycles. The van der Waals surface area contributed by atoms with Gasteiger partial charge in [-0.1, -0.05) is 26.2 Å². The molecular weight excluding hydrogens is 351 g/mol. The van der Waals surface area contributed by atoms with Crippen molar-refractivity contribution >= 4 is 17.7 Å². The van der Waals surface area contributed by atoms with Crippen molar-refractivity contribution in [1.29, 1.82) is 0 Å². The van der Waals surface area contributed by atoms with Gasteiger partial charge >= 0.3 is 12.0 Å². The maximum absolute atomic E-state index is 14.4. The van der Waals surface area contributed by atoms with E-state index in [1.165, 1.54) is 18.6 Å². The van der Waals surface area contributed by atoms with Crippen molar-refractivity contribution in [1.82, 2.24) is 5.32 Å². The molecule has 0 spiro atoms. The van der Waals surface area contributed by atoms with Crippen LogP contribution in [0.4, 0.5) is 9.18 Å². The Labute approximate surface area is 157 Å². The number of phenols is 1. The third-order valence-electron chi connectivity index (χ3n) is 5.33. The van der Waals surface area contributed by atoms with Crippen LogP contribution >= 0.6 is 0 Å². The highest BCUT2D eigenvalue weighted by atomic mass is 19.1. The fraction of sp³-hybridized carbons (Fsp3) is 0.550. The van der Waals surface area contributed by atoms with Crippen molar-refractivity contribution < 1.29 is 23.8 Å². The Hall–Kier alpha value is -2.44. The molecule has 1 aliphatic carbocycles. The van der Waals surface area contributed by atoms with Gasteiger partial charge < -0.3 is 15.2 Å². The molecule has 2 amide bonds. The van der Waals surface area contributed by atoms with E-state index in [-0.39, 0.29) is 11.3 Å². The van der Waals surface area contributed by atoms with Gasteiger partial charge in [-0.05, 0) is 43.4 Å². The molecule has 1 aromatic carbocycles. The number of ether oxygens (including phenoxy) is 1. The van der Waals surface area contributed by atoms with Gasteiger partial charge in [0.15, 0.2) is 0 Å². The number of aliphatic imine (C=N–C) groups is 1. The van der Waals surface area contributed by atoms with Crippen LogP contribution in [0.3, 0.4) is 0 Å². The predicted molar refractivity (Wildman–Crippen MR) is 98.1 cm³/mol. The van der Waals surface area contributed by atoms with Gasteiger partial charge in [0, 0.05) is 11.3 Å². The zero-order valence-electron chi connectivity index (χ0n) is 15.4. The summed E-state index contributed by atoms with van der Waals surface area (Å²) in [6.45, 7) is 2.12. The molecule has 2 atom stereocenters. The standard InChI is InChI=1S/C20H25FN2O4/c1-2-16-17(19(25)27-11-12-6-4-3-5-7-12)18(23-20(26)22-16)14-10-13(24)8-9-15(14)21/h8-10,12,17-18,24H,2-7,11H2,1H3,(H,23,26). The van der Waals surface area contributed by atoms with E-state index in [0.717, 1.165) is 31.7 Å². The van der Waals surface area contributed by atoms with Gasteiger partial charge in [-0.3, -0.25) is 4.79 Å². The minimum absolute atomic E-state index is 0.0452. The number of benzene rings is 1. The number of hydrogen-bond donors (Lipinski definition) is 2. The lowest BCUT2D eigenvalue weighted by molar-refractivity contribution is -0.148. The van der Waals surface area contributed by atoms with Gasteiger partial charge in [0.1, 0.15) is 17.5 Å². The van der Waals surface area contributed by atoms with Crippen molar-refractivity contribution in [2.75, 3.05) is 6.61 Å². The first-order chi connectivity index (χ1) is 13.0. The van der Waals surface area contributed by atoms with Crippen LogP contribution in [-0.2, 0) is 9.53 Å². The molecule has 1 heterocycles. The van der Waals surface area contributed by atoms with Crippen LogP contribution in [0.2, 0.25) is 0 Å². The second-order valence-electron chi connectivity index (χ2n) is 7.20. The van der Waals surface area contributed by atoms with E-state index in [4.69, 9.17) is 4.74 Å². The van der Waals surface area contributed by atoms with Gasteiger partial charge in [-0.25, -0.2) is 14.2 Å². The van der Waals surface area contributed by atoms with Crippen LogP contribution in [0.1, 0.15) is 57.1 Å². The van der Waals surface area contributed by atoms with E-state index in [0.29, 0.717) is 24.7 Å². The van der Waals surface area contributed by atoms with Crippen LogP contribution in [0.25, 0.3) is 0 Å². The molecule has 2 aliphatic rings. The number of urea groups is 1. The molecule has 1 aromatic rings. The highest BCUT2D eigenvalue weighted by molar-refractivity contribution is 6.09. The molecule has 2 N–H and O–H groups in total. The number of halogens is 1. The number of amides is 2. The number of phenolic OH excluding ortho intramolecular Hbond substituents is 1. The summed E-state index contributed by atoms with van der Waals surface area (Å²) < 4.78 is 19.9. The van der Waals surface area contributed by atoms with E-state index in [1.807, 2.05) is 0 Å². The van der Waals surface area contributed by atoms with E-state index < -0.39 is 29.8 Å². The van der Waals surface area contributed by atoms with E-state index in [2.05, 4.69) is 10.3 Å². The molecule has 1 aliphatic heterocycles. The molecule has 3 rings (SSSR count). The van der Waals surface area contributed by atoms with Crippen molar-refractivity contribution in [2.45, 2.75) is 51.5 Å². The minimum Gasteiger partial charge on any atom is -0.508 e. The first kappa shape index (κ1) is 19.3. The fourth-order valence-electron chi connectivity index (χ4n) is 3.88. The van der Waals surface area contributed by atoms with Gasteiger partial charge in [0.05, 0.1) is 12.6 Å². The normalized spacial score (nSPS) is 23.5. The summed E-state index contributed by atoms with van der Waals surface area (Å²) in [4.78, 5) is 28.7. The summed E-state index contributed by atoms with van der Waals surface area (Å²) in [5.74, 6) is -1.84. The Morgan fingerprint density at radius 2 is 2.07 bits per heavy atom. The lowest BCUT2D eigenvalue weighted by atomic mass is 9.86. The molecule has 1 fully saturated rings. The highest BCUT2D eigenvalue weighted by Gasteiger charge is 2.40. The summed E-state index contributed by atoms with van der Waals surface area (Å²) >= 11 is 0. The van der Waals surface area contributed by atoms with Gasteiger partial charge in [-0.15, -0.1) is 0 Å². The number of nitrogens with one attached hydrogen (secondary N) is 1. The maximum atomic E-state index is 14.4. The SMILES string of the molecule is CCC1=NC(=O)NC(c2cc(O)ccc2F)C1C(=O)OCC1CCCCC1.